The Labute approximate surface area is 125 Å². The zero-order valence-electron chi connectivity index (χ0n) is 13.7. The molecule has 1 aromatic rings. The highest BCUT2D eigenvalue weighted by atomic mass is 16.5. The van der Waals surface area contributed by atoms with E-state index in [9.17, 15) is 0 Å². The second-order valence-corrected chi connectivity index (χ2v) is 5.98. The molecule has 0 saturated carbocycles. The van der Waals surface area contributed by atoms with Gasteiger partial charge < -0.3 is 9.72 Å². The summed E-state index contributed by atoms with van der Waals surface area (Å²) in [6, 6.07) is 4.12. The van der Waals surface area contributed by atoms with E-state index in [1.165, 1.54) is 63.5 Å². The largest absolute Gasteiger partial charge is 0.369 e. The van der Waals surface area contributed by atoms with E-state index in [1.807, 2.05) is 12.3 Å². The number of nitrogens with one attached hydrogen (secondary N) is 1. The van der Waals surface area contributed by atoms with Gasteiger partial charge in [0.25, 0.3) is 0 Å². The highest BCUT2D eigenvalue weighted by Crippen LogP contribution is 2.19. The summed E-state index contributed by atoms with van der Waals surface area (Å²) in [6.45, 7) is 6.59. The Morgan fingerprint density at radius 1 is 1.00 bits per heavy atom. The zero-order chi connectivity index (χ0) is 14.6. The molecular weight excluding hydrogens is 246 g/mol. The summed E-state index contributed by atoms with van der Waals surface area (Å²) in [7, 11) is 0. The number of H-pyrrole nitrogens is 1. The van der Waals surface area contributed by atoms with Gasteiger partial charge in [-0.05, 0) is 32.4 Å². The lowest BCUT2D eigenvalue weighted by Crippen LogP contribution is -2.11. The molecule has 1 heterocycles. The van der Waals surface area contributed by atoms with Crippen LogP contribution in [0.4, 0.5) is 0 Å². The summed E-state index contributed by atoms with van der Waals surface area (Å²) in [5.74, 6) is 0. The number of unbranched alkanes of at least 4 members (excludes halogenated alkanes) is 7. The van der Waals surface area contributed by atoms with Crippen LogP contribution in [0.1, 0.15) is 90.4 Å². The number of hydrogen-bond donors (Lipinski definition) is 1. The topological polar surface area (TPSA) is 25.0 Å². The van der Waals surface area contributed by atoms with E-state index >= 15 is 0 Å². The molecule has 0 aliphatic rings. The van der Waals surface area contributed by atoms with Crippen molar-refractivity contribution in [2.45, 2.75) is 90.8 Å². The third-order valence-corrected chi connectivity index (χ3v) is 3.96. The fourth-order valence-corrected chi connectivity index (χ4v) is 2.65. The van der Waals surface area contributed by atoms with Crippen LogP contribution in [0.15, 0.2) is 18.3 Å². The van der Waals surface area contributed by atoms with Crippen molar-refractivity contribution in [1.82, 2.24) is 4.98 Å². The summed E-state index contributed by atoms with van der Waals surface area (Å²) < 4.78 is 6.02. The Bertz CT molecular complexity index is 307. The summed E-state index contributed by atoms with van der Waals surface area (Å²) in [5, 5.41) is 0. The SMILES string of the molecule is CCCCCCCCCCC(C)OC(C)c1ccc[nH]1. The smallest absolute Gasteiger partial charge is 0.0948 e. The minimum atomic E-state index is 0.175. The monoisotopic (exact) mass is 279 g/mol. The third-order valence-electron chi connectivity index (χ3n) is 3.96. The number of rotatable bonds is 12. The Morgan fingerprint density at radius 3 is 2.25 bits per heavy atom. The predicted octanol–water partition coefficient (Wildman–Crippen LogP) is 6.01. The summed E-state index contributed by atoms with van der Waals surface area (Å²) in [4.78, 5) is 3.22. The van der Waals surface area contributed by atoms with Gasteiger partial charge in [-0.25, -0.2) is 0 Å². The average molecular weight is 279 g/mol. The molecule has 0 saturated heterocycles. The first-order valence-corrected chi connectivity index (χ1v) is 8.52. The highest BCUT2D eigenvalue weighted by Gasteiger charge is 2.10. The van der Waals surface area contributed by atoms with Crippen molar-refractivity contribution in [1.29, 1.82) is 0 Å². The molecule has 1 aromatic heterocycles. The van der Waals surface area contributed by atoms with Crippen LogP contribution in [0, 0.1) is 0 Å². The van der Waals surface area contributed by atoms with E-state index < -0.39 is 0 Å². The van der Waals surface area contributed by atoms with E-state index in [2.05, 4.69) is 31.8 Å². The fraction of sp³-hybridized carbons (Fsp3) is 0.778. The van der Waals surface area contributed by atoms with Gasteiger partial charge in [0.05, 0.1) is 12.2 Å². The fourth-order valence-electron chi connectivity index (χ4n) is 2.65. The molecule has 20 heavy (non-hydrogen) atoms. The first-order chi connectivity index (χ1) is 9.74. The molecule has 0 aliphatic carbocycles. The quantitative estimate of drug-likeness (QED) is 0.465. The predicted molar refractivity (Wildman–Crippen MR) is 87.0 cm³/mol. The second-order valence-electron chi connectivity index (χ2n) is 5.98. The average Bonchev–Trinajstić information content (AvgIpc) is 2.96. The molecule has 2 heteroatoms. The van der Waals surface area contributed by atoms with Gasteiger partial charge in [-0.1, -0.05) is 58.3 Å². The minimum Gasteiger partial charge on any atom is -0.369 e. The zero-order valence-corrected chi connectivity index (χ0v) is 13.7. The van der Waals surface area contributed by atoms with Crippen molar-refractivity contribution < 1.29 is 4.74 Å². The molecule has 0 spiro atoms. The molecule has 116 valence electrons. The number of hydrogen-bond acceptors (Lipinski definition) is 1. The maximum atomic E-state index is 6.02. The Balaban J connectivity index is 1.96. The molecule has 1 rings (SSSR count). The van der Waals surface area contributed by atoms with Crippen LogP contribution in [0.2, 0.25) is 0 Å². The van der Waals surface area contributed by atoms with Crippen LogP contribution in [-0.4, -0.2) is 11.1 Å². The lowest BCUT2D eigenvalue weighted by molar-refractivity contribution is -0.000313. The van der Waals surface area contributed by atoms with Crippen LogP contribution in [0.3, 0.4) is 0 Å². The maximum Gasteiger partial charge on any atom is 0.0948 e. The van der Waals surface area contributed by atoms with Gasteiger partial charge in [-0.15, -0.1) is 0 Å². The van der Waals surface area contributed by atoms with E-state index in [4.69, 9.17) is 4.74 Å². The van der Waals surface area contributed by atoms with Gasteiger partial charge in [0.15, 0.2) is 0 Å². The number of aromatic nitrogens is 1. The van der Waals surface area contributed by atoms with Gasteiger partial charge in [0.2, 0.25) is 0 Å². The normalized spacial score (nSPS) is 14.3. The van der Waals surface area contributed by atoms with Crippen LogP contribution in [-0.2, 0) is 4.74 Å². The molecule has 0 fully saturated rings. The van der Waals surface area contributed by atoms with Crippen molar-refractivity contribution in [2.24, 2.45) is 0 Å². The molecule has 0 aromatic carbocycles. The number of ether oxygens (including phenoxy) is 1. The van der Waals surface area contributed by atoms with Gasteiger partial charge >= 0.3 is 0 Å². The molecular formula is C18H33NO. The van der Waals surface area contributed by atoms with E-state index in [-0.39, 0.29) is 6.10 Å². The summed E-state index contributed by atoms with van der Waals surface area (Å²) in [6.07, 6.45) is 14.7. The van der Waals surface area contributed by atoms with Crippen LogP contribution in [0.25, 0.3) is 0 Å². The van der Waals surface area contributed by atoms with Crippen molar-refractivity contribution in [2.75, 3.05) is 0 Å². The lowest BCUT2D eigenvalue weighted by atomic mass is 10.1. The summed E-state index contributed by atoms with van der Waals surface area (Å²) in [5.41, 5.74) is 1.17. The minimum absolute atomic E-state index is 0.175. The van der Waals surface area contributed by atoms with E-state index in [1.54, 1.807) is 0 Å². The van der Waals surface area contributed by atoms with Gasteiger partial charge in [0.1, 0.15) is 0 Å². The van der Waals surface area contributed by atoms with Crippen LogP contribution in [0.5, 0.6) is 0 Å². The first-order valence-electron chi connectivity index (χ1n) is 8.52. The Morgan fingerprint density at radius 2 is 1.65 bits per heavy atom. The molecule has 2 atom stereocenters. The molecule has 1 N–H and O–H groups in total. The third kappa shape index (κ3) is 7.74. The standard InChI is InChI=1S/C18H33NO/c1-4-5-6-7-8-9-10-11-13-16(2)20-17(3)18-14-12-15-19-18/h12,14-17,19H,4-11,13H2,1-3H3. The Kier molecular flexibility index (Phi) is 9.48. The molecule has 0 radical (unpaired) electrons. The van der Waals surface area contributed by atoms with Gasteiger partial charge in [-0.2, -0.15) is 0 Å². The molecule has 2 unspecified atom stereocenters. The molecule has 0 amide bonds. The molecule has 2 nitrogen and oxygen atoms in total. The van der Waals surface area contributed by atoms with Crippen molar-refractivity contribution >= 4 is 0 Å². The van der Waals surface area contributed by atoms with Gasteiger partial charge in [0, 0.05) is 11.9 Å². The van der Waals surface area contributed by atoms with Crippen molar-refractivity contribution in [3.63, 3.8) is 0 Å². The highest BCUT2D eigenvalue weighted by molar-refractivity contribution is 5.06. The van der Waals surface area contributed by atoms with E-state index in [0.717, 1.165) is 0 Å². The number of aromatic amines is 1. The van der Waals surface area contributed by atoms with Crippen molar-refractivity contribution in [3.05, 3.63) is 24.0 Å². The van der Waals surface area contributed by atoms with E-state index in [0.29, 0.717) is 6.10 Å². The Hall–Kier alpha value is -0.760. The molecule has 0 aliphatic heterocycles. The summed E-state index contributed by atoms with van der Waals surface area (Å²) >= 11 is 0. The van der Waals surface area contributed by atoms with Crippen LogP contribution >= 0.6 is 0 Å². The first kappa shape index (κ1) is 17.3. The maximum absolute atomic E-state index is 6.02. The van der Waals surface area contributed by atoms with Crippen LogP contribution < -0.4 is 0 Å². The lowest BCUT2D eigenvalue weighted by Gasteiger charge is -2.18. The van der Waals surface area contributed by atoms with Crippen molar-refractivity contribution in [3.8, 4) is 0 Å². The van der Waals surface area contributed by atoms with Gasteiger partial charge in [-0.3, -0.25) is 0 Å². The second kappa shape index (κ2) is 11.0. The molecule has 0 bridgehead atoms.